The number of rotatable bonds is 4. The van der Waals surface area contributed by atoms with E-state index in [4.69, 9.17) is 17.3 Å². The fourth-order valence-electron chi connectivity index (χ4n) is 2.91. The third-order valence-electron chi connectivity index (χ3n) is 4.26. The molecule has 1 fully saturated rings. The molecule has 6 heteroatoms. The van der Waals surface area contributed by atoms with Crippen molar-refractivity contribution < 1.29 is 9.59 Å². The van der Waals surface area contributed by atoms with E-state index >= 15 is 0 Å². The van der Waals surface area contributed by atoms with Crippen LogP contribution in [0.3, 0.4) is 0 Å². The van der Waals surface area contributed by atoms with E-state index in [0.717, 1.165) is 28.2 Å². The number of carbonyl (C=O) groups excluding carboxylic acids is 2. The minimum atomic E-state index is -0.328. The van der Waals surface area contributed by atoms with Crippen molar-refractivity contribution in [3.8, 4) is 10.4 Å². The molecule has 0 bridgehead atoms. The molecule has 2 amide bonds. The number of carbonyl (C=O) groups is 2. The molecular weight excluding hydrogens is 356 g/mol. The van der Waals surface area contributed by atoms with Crippen molar-refractivity contribution in [2.24, 2.45) is 11.7 Å². The van der Waals surface area contributed by atoms with Crippen molar-refractivity contribution in [2.45, 2.75) is 12.8 Å². The van der Waals surface area contributed by atoms with E-state index in [9.17, 15) is 9.59 Å². The number of amides is 2. The smallest absolute Gasteiger partial charge is 0.246 e. The lowest BCUT2D eigenvalue weighted by Crippen LogP contribution is -2.43. The van der Waals surface area contributed by atoms with Crippen molar-refractivity contribution in [1.82, 2.24) is 4.90 Å². The second-order valence-corrected chi connectivity index (χ2v) is 7.62. The first-order valence-electron chi connectivity index (χ1n) is 8.15. The molecule has 130 valence electrons. The average Bonchev–Trinajstić information content (AvgIpc) is 3.09. The first kappa shape index (κ1) is 17.7. The van der Waals surface area contributed by atoms with Gasteiger partial charge in [-0.3, -0.25) is 9.59 Å². The van der Waals surface area contributed by atoms with Gasteiger partial charge in [0.2, 0.25) is 11.8 Å². The Morgan fingerprint density at radius 2 is 2.12 bits per heavy atom. The molecule has 0 radical (unpaired) electrons. The topological polar surface area (TPSA) is 63.4 Å². The van der Waals surface area contributed by atoms with Gasteiger partial charge in [0, 0.05) is 33.9 Å². The molecule has 1 aliphatic rings. The Bertz CT molecular complexity index is 815. The van der Waals surface area contributed by atoms with Gasteiger partial charge in [0.25, 0.3) is 0 Å². The van der Waals surface area contributed by atoms with E-state index in [0.29, 0.717) is 18.1 Å². The summed E-state index contributed by atoms with van der Waals surface area (Å²) in [5.41, 5.74) is 6.42. The van der Waals surface area contributed by atoms with E-state index < -0.39 is 0 Å². The summed E-state index contributed by atoms with van der Waals surface area (Å²) < 4.78 is 0. The van der Waals surface area contributed by atoms with Gasteiger partial charge in [0.15, 0.2) is 0 Å². The summed E-state index contributed by atoms with van der Waals surface area (Å²) in [5, 5.41) is 0.701. The van der Waals surface area contributed by atoms with Crippen LogP contribution in [0.5, 0.6) is 0 Å². The van der Waals surface area contributed by atoms with E-state index in [1.165, 1.54) is 0 Å². The summed E-state index contributed by atoms with van der Waals surface area (Å²) in [6.07, 6.45) is 4.95. The molecule has 1 aromatic carbocycles. The summed E-state index contributed by atoms with van der Waals surface area (Å²) in [7, 11) is 0. The number of thiophene rings is 1. The molecule has 1 aliphatic heterocycles. The highest BCUT2D eigenvalue weighted by molar-refractivity contribution is 7.16. The number of likely N-dealkylation sites (tertiary alicyclic amines) is 1. The van der Waals surface area contributed by atoms with E-state index in [-0.39, 0.29) is 17.7 Å². The van der Waals surface area contributed by atoms with Crippen LogP contribution in [0.1, 0.15) is 17.7 Å². The fraction of sp³-hybridized carbons (Fsp3) is 0.263. The molecule has 2 heterocycles. The van der Waals surface area contributed by atoms with Gasteiger partial charge in [-0.2, -0.15) is 0 Å². The van der Waals surface area contributed by atoms with Gasteiger partial charge < -0.3 is 10.6 Å². The van der Waals surface area contributed by atoms with Crippen LogP contribution in [0.2, 0.25) is 5.02 Å². The maximum atomic E-state index is 12.3. The maximum Gasteiger partial charge on any atom is 0.246 e. The number of hydrogen-bond donors (Lipinski definition) is 1. The maximum absolute atomic E-state index is 12.3. The van der Waals surface area contributed by atoms with Crippen LogP contribution >= 0.6 is 22.9 Å². The molecule has 3 rings (SSSR count). The van der Waals surface area contributed by atoms with Gasteiger partial charge in [0.1, 0.15) is 0 Å². The SMILES string of the molecule is NC(=O)C1CCCN(C(=O)/C=C/c2ccc(-c3cccc(Cl)c3)s2)C1. The summed E-state index contributed by atoms with van der Waals surface area (Å²) in [6, 6.07) is 11.7. The quantitative estimate of drug-likeness (QED) is 0.827. The minimum Gasteiger partial charge on any atom is -0.369 e. The third-order valence-corrected chi connectivity index (χ3v) is 5.60. The minimum absolute atomic E-state index is 0.0799. The predicted molar refractivity (Wildman–Crippen MR) is 102 cm³/mol. The van der Waals surface area contributed by atoms with Crippen LogP contribution in [0.4, 0.5) is 0 Å². The monoisotopic (exact) mass is 374 g/mol. The number of nitrogens with two attached hydrogens (primary N) is 1. The Morgan fingerprint density at radius 1 is 1.28 bits per heavy atom. The van der Waals surface area contributed by atoms with Crippen LogP contribution < -0.4 is 5.73 Å². The van der Waals surface area contributed by atoms with Crippen molar-refractivity contribution >= 4 is 40.8 Å². The van der Waals surface area contributed by atoms with Gasteiger partial charge in [0.05, 0.1) is 5.92 Å². The normalized spacial score (nSPS) is 17.8. The zero-order chi connectivity index (χ0) is 17.8. The van der Waals surface area contributed by atoms with Gasteiger partial charge in [-0.15, -0.1) is 11.3 Å². The molecule has 0 spiro atoms. The van der Waals surface area contributed by atoms with E-state index in [2.05, 4.69) is 0 Å². The lowest BCUT2D eigenvalue weighted by atomic mass is 9.97. The van der Waals surface area contributed by atoms with Crippen LogP contribution in [0.25, 0.3) is 16.5 Å². The van der Waals surface area contributed by atoms with Crippen LogP contribution in [-0.4, -0.2) is 29.8 Å². The number of nitrogens with zero attached hydrogens (tertiary/aromatic N) is 1. The number of hydrogen-bond acceptors (Lipinski definition) is 3. The number of piperidine rings is 1. The van der Waals surface area contributed by atoms with Crippen LogP contribution in [0.15, 0.2) is 42.5 Å². The first-order chi connectivity index (χ1) is 12.0. The Hall–Kier alpha value is -2.11. The Morgan fingerprint density at radius 3 is 2.88 bits per heavy atom. The van der Waals surface area contributed by atoms with Crippen molar-refractivity contribution in [3.63, 3.8) is 0 Å². The fourth-order valence-corrected chi connectivity index (χ4v) is 4.00. The largest absolute Gasteiger partial charge is 0.369 e. The highest BCUT2D eigenvalue weighted by atomic mass is 35.5. The number of benzene rings is 1. The molecule has 4 nitrogen and oxygen atoms in total. The Labute approximate surface area is 155 Å². The van der Waals surface area contributed by atoms with Crippen LogP contribution in [0, 0.1) is 5.92 Å². The molecule has 1 unspecified atom stereocenters. The lowest BCUT2D eigenvalue weighted by molar-refractivity contribution is -0.130. The summed E-state index contributed by atoms with van der Waals surface area (Å²) in [5.74, 6) is -0.642. The summed E-state index contributed by atoms with van der Waals surface area (Å²) in [6.45, 7) is 1.09. The third kappa shape index (κ3) is 4.50. The molecule has 1 aromatic heterocycles. The van der Waals surface area contributed by atoms with Gasteiger partial charge in [-0.05, 0) is 48.7 Å². The standard InChI is InChI=1S/C19H19ClN2O2S/c20-15-5-1-3-13(11-15)17-8-6-16(25-17)7-9-18(23)22-10-2-4-14(12-22)19(21)24/h1,3,5-9,11,14H,2,4,10,12H2,(H2,21,24)/b9-7+. The molecule has 1 saturated heterocycles. The molecule has 25 heavy (non-hydrogen) atoms. The Balaban J connectivity index is 1.66. The number of halogens is 1. The van der Waals surface area contributed by atoms with Crippen molar-refractivity contribution in [3.05, 3.63) is 52.4 Å². The van der Waals surface area contributed by atoms with Gasteiger partial charge in [-0.25, -0.2) is 0 Å². The predicted octanol–water partition coefficient (Wildman–Crippen LogP) is 3.81. The van der Waals surface area contributed by atoms with Crippen molar-refractivity contribution in [1.29, 1.82) is 0 Å². The molecule has 0 aliphatic carbocycles. The first-order valence-corrected chi connectivity index (χ1v) is 9.34. The van der Waals surface area contributed by atoms with Crippen LogP contribution in [-0.2, 0) is 9.59 Å². The van der Waals surface area contributed by atoms with E-state index in [1.54, 1.807) is 22.3 Å². The van der Waals surface area contributed by atoms with E-state index in [1.807, 2.05) is 42.5 Å². The molecule has 1 atom stereocenters. The Kier molecular flexibility index (Phi) is 5.56. The zero-order valence-electron chi connectivity index (χ0n) is 13.7. The molecular formula is C19H19ClN2O2S. The van der Waals surface area contributed by atoms with Gasteiger partial charge in [-0.1, -0.05) is 23.7 Å². The average molecular weight is 375 g/mol. The molecule has 2 N–H and O–H groups in total. The highest BCUT2D eigenvalue weighted by Crippen LogP contribution is 2.30. The van der Waals surface area contributed by atoms with Gasteiger partial charge >= 0.3 is 0 Å². The second kappa shape index (κ2) is 7.85. The zero-order valence-corrected chi connectivity index (χ0v) is 15.2. The highest BCUT2D eigenvalue weighted by Gasteiger charge is 2.25. The molecule has 0 saturated carbocycles. The van der Waals surface area contributed by atoms with Crippen molar-refractivity contribution in [2.75, 3.05) is 13.1 Å². The molecule has 2 aromatic rings. The summed E-state index contributed by atoms with van der Waals surface area (Å²) in [4.78, 5) is 27.4. The second-order valence-electron chi connectivity index (χ2n) is 6.07. The number of primary amides is 1. The lowest BCUT2D eigenvalue weighted by Gasteiger charge is -2.30. The summed E-state index contributed by atoms with van der Waals surface area (Å²) >= 11 is 7.63.